The highest BCUT2D eigenvalue weighted by Gasteiger charge is 2.34. The maximum atomic E-state index is 9.75. The summed E-state index contributed by atoms with van der Waals surface area (Å²) >= 11 is 0. The minimum atomic E-state index is 0.356. The number of piperidine rings is 1. The summed E-state index contributed by atoms with van der Waals surface area (Å²) < 4.78 is 0. The van der Waals surface area contributed by atoms with Crippen molar-refractivity contribution in [2.45, 2.75) is 52.0 Å². The van der Waals surface area contributed by atoms with E-state index in [2.05, 4.69) is 35.8 Å². The highest BCUT2D eigenvalue weighted by atomic mass is 16.3. The van der Waals surface area contributed by atoms with Gasteiger partial charge in [-0.15, -0.1) is 0 Å². The standard InChI is InChI=1S/C21H35N3O/c1-3-10-24(14-18(15-25)17-4-5-17)20-8-11-23(12-9-20)21-7-6-19(22)13-16(21)2/h6-7,13,17-18,20,25H,3-5,8-12,14-15,22H2,1-2H3. The van der Waals surface area contributed by atoms with Crippen LogP contribution in [0, 0.1) is 18.8 Å². The Kier molecular flexibility index (Phi) is 6.24. The van der Waals surface area contributed by atoms with Gasteiger partial charge in [0.1, 0.15) is 0 Å². The third kappa shape index (κ3) is 4.68. The van der Waals surface area contributed by atoms with E-state index in [1.54, 1.807) is 0 Å². The molecule has 4 nitrogen and oxygen atoms in total. The Labute approximate surface area is 153 Å². The SMILES string of the molecule is CCCN(CC(CO)C1CC1)C1CCN(c2ccc(N)cc2C)CC1. The Bertz CT molecular complexity index is 550. The molecule has 0 aromatic heterocycles. The van der Waals surface area contributed by atoms with Gasteiger partial charge in [0.15, 0.2) is 0 Å². The van der Waals surface area contributed by atoms with Gasteiger partial charge in [0, 0.05) is 43.7 Å². The Morgan fingerprint density at radius 2 is 1.96 bits per heavy atom. The number of nitrogens with two attached hydrogens (primary N) is 1. The van der Waals surface area contributed by atoms with Crippen molar-refractivity contribution in [3.8, 4) is 0 Å². The van der Waals surface area contributed by atoms with Gasteiger partial charge in [-0.3, -0.25) is 4.90 Å². The van der Waals surface area contributed by atoms with Crippen LogP contribution in [0.1, 0.15) is 44.6 Å². The lowest BCUT2D eigenvalue weighted by molar-refractivity contribution is 0.105. The molecule has 1 aliphatic heterocycles. The summed E-state index contributed by atoms with van der Waals surface area (Å²) in [5.74, 6) is 1.27. The van der Waals surface area contributed by atoms with Gasteiger partial charge in [0.25, 0.3) is 0 Å². The Morgan fingerprint density at radius 1 is 1.24 bits per heavy atom. The first-order valence-corrected chi connectivity index (χ1v) is 10.1. The zero-order valence-corrected chi connectivity index (χ0v) is 16.0. The molecular weight excluding hydrogens is 310 g/mol. The summed E-state index contributed by atoms with van der Waals surface area (Å²) in [5.41, 5.74) is 9.35. The van der Waals surface area contributed by atoms with E-state index in [-0.39, 0.29) is 0 Å². The highest BCUT2D eigenvalue weighted by Crippen LogP contribution is 2.37. The second-order valence-corrected chi connectivity index (χ2v) is 8.04. The van der Waals surface area contributed by atoms with Gasteiger partial charge in [-0.25, -0.2) is 0 Å². The molecule has 1 aromatic carbocycles. The fourth-order valence-electron chi connectivity index (χ4n) is 4.44. The molecule has 2 aliphatic rings. The summed E-state index contributed by atoms with van der Waals surface area (Å²) in [6, 6.07) is 6.92. The van der Waals surface area contributed by atoms with Gasteiger partial charge < -0.3 is 15.7 Å². The third-order valence-electron chi connectivity index (χ3n) is 6.05. The minimum Gasteiger partial charge on any atom is -0.399 e. The minimum absolute atomic E-state index is 0.356. The second-order valence-electron chi connectivity index (χ2n) is 8.04. The molecule has 1 saturated heterocycles. The molecule has 0 bridgehead atoms. The lowest BCUT2D eigenvalue weighted by Gasteiger charge is -2.41. The Balaban J connectivity index is 1.58. The van der Waals surface area contributed by atoms with Crippen molar-refractivity contribution < 1.29 is 5.11 Å². The number of anilines is 2. The third-order valence-corrected chi connectivity index (χ3v) is 6.05. The lowest BCUT2D eigenvalue weighted by Crippen LogP contribution is -2.47. The van der Waals surface area contributed by atoms with E-state index in [0.29, 0.717) is 18.6 Å². The van der Waals surface area contributed by atoms with Gasteiger partial charge >= 0.3 is 0 Å². The molecule has 3 rings (SSSR count). The monoisotopic (exact) mass is 345 g/mol. The molecule has 1 atom stereocenters. The number of nitrogen functional groups attached to an aromatic ring is 1. The van der Waals surface area contributed by atoms with Crippen molar-refractivity contribution in [3.05, 3.63) is 23.8 Å². The fraction of sp³-hybridized carbons (Fsp3) is 0.714. The molecule has 0 spiro atoms. The molecule has 1 heterocycles. The maximum absolute atomic E-state index is 9.75. The van der Waals surface area contributed by atoms with Gasteiger partial charge in [-0.05, 0) is 81.2 Å². The first-order valence-electron chi connectivity index (χ1n) is 10.1. The quantitative estimate of drug-likeness (QED) is 0.710. The van der Waals surface area contributed by atoms with E-state index in [0.717, 1.165) is 37.8 Å². The molecule has 1 aromatic rings. The van der Waals surface area contributed by atoms with Crippen molar-refractivity contribution in [3.63, 3.8) is 0 Å². The summed E-state index contributed by atoms with van der Waals surface area (Å²) in [5, 5.41) is 9.75. The normalized spacial score (nSPS) is 20.2. The maximum Gasteiger partial charge on any atom is 0.0474 e. The summed E-state index contributed by atoms with van der Waals surface area (Å²) in [6.45, 7) is 9.25. The Hall–Kier alpha value is -1.26. The molecule has 1 unspecified atom stereocenters. The van der Waals surface area contributed by atoms with E-state index in [1.807, 2.05) is 6.07 Å². The van der Waals surface area contributed by atoms with E-state index < -0.39 is 0 Å². The van der Waals surface area contributed by atoms with Crippen molar-refractivity contribution in [2.24, 2.45) is 11.8 Å². The first-order chi connectivity index (χ1) is 12.1. The second kappa shape index (κ2) is 8.41. The number of aliphatic hydroxyl groups excluding tert-OH is 1. The highest BCUT2D eigenvalue weighted by molar-refractivity contribution is 5.59. The van der Waals surface area contributed by atoms with Crippen LogP contribution in [-0.2, 0) is 0 Å². The molecule has 1 aliphatic carbocycles. The fourth-order valence-corrected chi connectivity index (χ4v) is 4.44. The van der Waals surface area contributed by atoms with Crippen LogP contribution in [0.5, 0.6) is 0 Å². The van der Waals surface area contributed by atoms with Gasteiger partial charge in [0.05, 0.1) is 0 Å². The van der Waals surface area contributed by atoms with E-state index in [4.69, 9.17) is 5.73 Å². The molecule has 0 radical (unpaired) electrons. The van der Waals surface area contributed by atoms with Crippen LogP contribution in [0.2, 0.25) is 0 Å². The van der Waals surface area contributed by atoms with Crippen molar-refractivity contribution in [1.29, 1.82) is 0 Å². The van der Waals surface area contributed by atoms with Crippen LogP contribution in [0.15, 0.2) is 18.2 Å². The van der Waals surface area contributed by atoms with Crippen molar-refractivity contribution in [1.82, 2.24) is 4.90 Å². The molecule has 3 N–H and O–H groups in total. The average molecular weight is 346 g/mol. The number of hydrogen-bond acceptors (Lipinski definition) is 4. The number of aliphatic hydroxyl groups is 1. The van der Waals surface area contributed by atoms with Gasteiger partial charge in [-0.2, -0.15) is 0 Å². The number of rotatable bonds is 8. The predicted molar refractivity (Wildman–Crippen MR) is 106 cm³/mol. The lowest BCUT2D eigenvalue weighted by atomic mass is 9.98. The van der Waals surface area contributed by atoms with E-state index in [1.165, 1.54) is 43.4 Å². The van der Waals surface area contributed by atoms with Crippen LogP contribution in [-0.4, -0.2) is 48.8 Å². The molecule has 140 valence electrons. The van der Waals surface area contributed by atoms with Crippen LogP contribution >= 0.6 is 0 Å². The summed E-state index contributed by atoms with van der Waals surface area (Å²) in [7, 11) is 0. The predicted octanol–water partition coefficient (Wildman–Crippen LogP) is 3.28. The van der Waals surface area contributed by atoms with E-state index in [9.17, 15) is 5.11 Å². The smallest absolute Gasteiger partial charge is 0.0474 e. The van der Waals surface area contributed by atoms with Crippen molar-refractivity contribution in [2.75, 3.05) is 43.4 Å². The topological polar surface area (TPSA) is 52.7 Å². The van der Waals surface area contributed by atoms with Crippen LogP contribution in [0.4, 0.5) is 11.4 Å². The van der Waals surface area contributed by atoms with E-state index >= 15 is 0 Å². The largest absolute Gasteiger partial charge is 0.399 e. The van der Waals surface area contributed by atoms with Gasteiger partial charge in [-0.1, -0.05) is 6.92 Å². The number of nitrogens with zero attached hydrogens (tertiary/aromatic N) is 2. The zero-order valence-electron chi connectivity index (χ0n) is 16.0. The van der Waals surface area contributed by atoms with Crippen LogP contribution in [0.3, 0.4) is 0 Å². The van der Waals surface area contributed by atoms with Crippen molar-refractivity contribution >= 4 is 11.4 Å². The number of hydrogen-bond donors (Lipinski definition) is 2. The number of benzene rings is 1. The average Bonchev–Trinajstić information content (AvgIpc) is 3.44. The summed E-state index contributed by atoms with van der Waals surface area (Å²) in [6.07, 6.45) is 6.26. The molecule has 4 heteroatoms. The first kappa shape index (κ1) is 18.5. The zero-order chi connectivity index (χ0) is 17.8. The Morgan fingerprint density at radius 3 is 2.52 bits per heavy atom. The molecular formula is C21H35N3O. The molecule has 25 heavy (non-hydrogen) atoms. The van der Waals surface area contributed by atoms with Gasteiger partial charge in [0.2, 0.25) is 0 Å². The van der Waals surface area contributed by atoms with Crippen LogP contribution < -0.4 is 10.6 Å². The molecule has 2 fully saturated rings. The molecule has 1 saturated carbocycles. The summed E-state index contributed by atoms with van der Waals surface area (Å²) in [4.78, 5) is 5.19. The number of aryl methyl sites for hydroxylation is 1. The van der Waals surface area contributed by atoms with Crippen LogP contribution in [0.25, 0.3) is 0 Å². The molecule has 0 amide bonds.